The fraction of sp³-hybridized carbons (Fsp3) is 0. The van der Waals surface area contributed by atoms with Gasteiger partial charge < -0.3 is 4.42 Å². The van der Waals surface area contributed by atoms with Gasteiger partial charge in [0.05, 0.1) is 0 Å². The molecular formula is C16H9ClN2O. The zero-order chi connectivity index (χ0) is 13.5. The molecule has 0 aliphatic rings. The maximum Gasteiger partial charge on any atom is 0.247 e. The molecule has 0 amide bonds. The Labute approximate surface area is 119 Å². The SMILES string of the molecule is Clc1nc2c(nc1-c1ccccc1)oc1ccccc12. The fourth-order valence-corrected chi connectivity index (χ4v) is 2.52. The van der Waals surface area contributed by atoms with Crippen molar-refractivity contribution in [1.29, 1.82) is 0 Å². The van der Waals surface area contributed by atoms with E-state index in [2.05, 4.69) is 9.97 Å². The summed E-state index contributed by atoms with van der Waals surface area (Å²) in [6.45, 7) is 0. The van der Waals surface area contributed by atoms with Crippen LogP contribution in [0, 0.1) is 0 Å². The Kier molecular flexibility index (Phi) is 2.47. The van der Waals surface area contributed by atoms with Crippen molar-refractivity contribution in [3.8, 4) is 11.3 Å². The van der Waals surface area contributed by atoms with E-state index in [9.17, 15) is 0 Å². The van der Waals surface area contributed by atoms with E-state index < -0.39 is 0 Å². The van der Waals surface area contributed by atoms with Crippen molar-refractivity contribution in [2.45, 2.75) is 0 Å². The lowest BCUT2D eigenvalue weighted by Gasteiger charge is -2.02. The maximum atomic E-state index is 6.28. The summed E-state index contributed by atoms with van der Waals surface area (Å²) in [4.78, 5) is 8.97. The quantitative estimate of drug-likeness (QED) is 0.507. The van der Waals surface area contributed by atoms with Crippen molar-refractivity contribution in [1.82, 2.24) is 9.97 Å². The monoisotopic (exact) mass is 280 g/mol. The molecule has 0 saturated carbocycles. The first-order valence-corrected chi connectivity index (χ1v) is 6.61. The topological polar surface area (TPSA) is 38.9 Å². The number of hydrogen-bond donors (Lipinski definition) is 0. The number of para-hydroxylation sites is 1. The molecule has 2 aromatic heterocycles. The van der Waals surface area contributed by atoms with Gasteiger partial charge in [-0.2, -0.15) is 0 Å². The van der Waals surface area contributed by atoms with Crippen LogP contribution in [0.3, 0.4) is 0 Å². The van der Waals surface area contributed by atoms with Gasteiger partial charge in [-0.05, 0) is 12.1 Å². The van der Waals surface area contributed by atoms with E-state index in [1.165, 1.54) is 0 Å². The Balaban J connectivity index is 2.05. The van der Waals surface area contributed by atoms with Gasteiger partial charge in [0.1, 0.15) is 16.8 Å². The van der Waals surface area contributed by atoms with Gasteiger partial charge in [-0.3, -0.25) is 0 Å². The van der Waals surface area contributed by atoms with Crippen molar-refractivity contribution in [2.75, 3.05) is 0 Å². The molecule has 0 unspecified atom stereocenters. The normalized spacial score (nSPS) is 11.2. The number of benzene rings is 2. The first kappa shape index (κ1) is 11.4. The van der Waals surface area contributed by atoms with Crippen LogP contribution in [0.15, 0.2) is 59.0 Å². The molecule has 4 heteroatoms. The second-order valence-electron chi connectivity index (χ2n) is 4.48. The summed E-state index contributed by atoms with van der Waals surface area (Å²) in [5.74, 6) is 0. The molecule has 4 aromatic rings. The van der Waals surface area contributed by atoms with Gasteiger partial charge in [0.2, 0.25) is 5.71 Å². The molecule has 96 valence electrons. The number of aromatic nitrogens is 2. The summed E-state index contributed by atoms with van der Waals surface area (Å²) < 4.78 is 5.74. The molecule has 0 N–H and O–H groups in total. The van der Waals surface area contributed by atoms with Gasteiger partial charge in [0.25, 0.3) is 0 Å². The minimum Gasteiger partial charge on any atom is -0.436 e. The van der Waals surface area contributed by atoms with Crippen molar-refractivity contribution in [2.24, 2.45) is 0 Å². The number of fused-ring (bicyclic) bond motifs is 3. The summed E-state index contributed by atoms with van der Waals surface area (Å²) in [5, 5.41) is 1.31. The van der Waals surface area contributed by atoms with Crippen LogP contribution < -0.4 is 0 Å². The van der Waals surface area contributed by atoms with Crippen LogP contribution in [-0.2, 0) is 0 Å². The highest BCUT2D eigenvalue weighted by molar-refractivity contribution is 6.32. The van der Waals surface area contributed by atoms with Gasteiger partial charge >= 0.3 is 0 Å². The molecule has 0 aliphatic heterocycles. The molecule has 3 nitrogen and oxygen atoms in total. The second kappa shape index (κ2) is 4.32. The highest BCUT2D eigenvalue weighted by Gasteiger charge is 2.14. The Morgan fingerprint density at radius 2 is 1.60 bits per heavy atom. The largest absolute Gasteiger partial charge is 0.436 e. The summed E-state index contributed by atoms with van der Waals surface area (Å²) in [6.07, 6.45) is 0. The molecular weight excluding hydrogens is 272 g/mol. The predicted octanol–water partition coefficient (Wildman–Crippen LogP) is 4.70. The third-order valence-corrected chi connectivity index (χ3v) is 3.48. The minimum absolute atomic E-state index is 0.384. The Morgan fingerprint density at radius 1 is 0.850 bits per heavy atom. The third kappa shape index (κ3) is 1.67. The second-order valence-corrected chi connectivity index (χ2v) is 4.84. The number of hydrogen-bond acceptors (Lipinski definition) is 3. The van der Waals surface area contributed by atoms with Crippen LogP contribution in [0.1, 0.15) is 0 Å². The smallest absolute Gasteiger partial charge is 0.247 e. The van der Waals surface area contributed by atoms with Gasteiger partial charge in [0.15, 0.2) is 5.15 Å². The zero-order valence-electron chi connectivity index (χ0n) is 10.4. The van der Waals surface area contributed by atoms with Crippen LogP contribution in [0.2, 0.25) is 5.15 Å². The van der Waals surface area contributed by atoms with Crippen LogP contribution in [0.25, 0.3) is 33.5 Å². The number of furan rings is 1. The fourth-order valence-electron chi connectivity index (χ4n) is 2.28. The first-order valence-electron chi connectivity index (χ1n) is 6.23. The van der Waals surface area contributed by atoms with Crippen LogP contribution >= 0.6 is 11.6 Å². The molecule has 20 heavy (non-hydrogen) atoms. The molecule has 0 fully saturated rings. The van der Waals surface area contributed by atoms with E-state index in [-0.39, 0.29) is 0 Å². The molecule has 2 heterocycles. The summed E-state index contributed by atoms with van der Waals surface area (Å²) in [6, 6.07) is 17.4. The van der Waals surface area contributed by atoms with Crippen molar-refractivity contribution >= 4 is 33.8 Å². The molecule has 0 bridgehead atoms. The molecule has 2 aromatic carbocycles. The number of rotatable bonds is 1. The summed E-state index contributed by atoms with van der Waals surface area (Å²) >= 11 is 6.28. The third-order valence-electron chi connectivity index (χ3n) is 3.22. The average molecular weight is 281 g/mol. The Bertz CT molecular complexity index is 916. The lowest BCUT2D eigenvalue weighted by molar-refractivity contribution is 0.653. The van der Waals surface area contributed by atoms with Gasteiger partial charge in [-0.1, -0.05) is 54.1 Å². The van der Waals surface area contributed by atoms with Crippen molar-refractivity contribution in [3.63, 3.8) is 0 Å². The van der Waals surface area contributed by atoms with Crippen LogP contribution in [0.5, 0.6) is 0 Å². The van der Waals surface area contributed by atoms with Crippen LogP contribution in [-0.4, -0.2) is 9.97 Å². The molecule has 0 radical (unpaired) electrons. The van der Waals surface area contributed by atoms with E-state index in [4.69, 9.17) is 16.0 Å². The first-order chi connectivity index (χ1) is 9.83. The summed E-state index contributed by atoms with van der Waals surface area (Å²) in [5.41, 5.74) is 3.54. The highest BCUT2D eigenvalue weighted by atomic mass is 35.5. The van der Waals surface area contributed by atoms with Gasteiger partial charge in [-0.15, -0.1) is 0 Å². The molecule has 0 aliphatic carbocycles. The lowest BCUT2D eigenvalue weighted by Crippen LogP contribution is -1.89. The lowest BCUT2D eigenvalue weighted by atomic mass is 10.1. The average Bonchev–Trinajstić information content (AvgIpc) is 2.85. The van der Waals surface area contributed by atoms with E-state index in [0.717, 1.165) is 16.5 Å². The zero-order valence-corrected chi connectivity index (χ0v) is 11.1. The summed E-state index contributed by atoms with van der Waals surface area (Å²) in [7, 11) is 0. The van der Waals surface area contributed by atoms with Gasteiger partial charge in [0, 0.05) is 10.9 Å². The standard InChI is InChI=1S/C16H9ClN2O/c17-15-13(10-6-2-1-3-7-10)19-16-14(18-15)11-8-4-5-9-12(11)20-16/h1-9H. The highest BCUT2D eigenvalue weighted by Crippen LogP contribution is 2.31. The molecule has 0 saturated heterocycles. The number of nitrogens with zero attached hydrogens (tertiary/aromatic N) is 2. The van der Waals surface area contributed by atoms with E-state index >= 15 is 0 Å². The van der Waals surface area contributed by atoms with E-state index in [1.54, 1.807) is 0 Å². The van der Waals surface area contributed by atoms with Gasteiger partial charge in [-0.25, -0.2) is 9.97 Å². The Hall–Kier alpha value is -2.39. The van der Waals surface area contributed by atoms with Crippen molar-refractivity contribution < 1.29 is 4.42 Å². The molecule has 4 rings (SSSR count). The predicted molar refractivity (Wildman–Crippen MR) is 79.8 cm³/mol. The van der Waals surface area contributed by atoms with E-state index in [0.29, 0.717) is 22.1 Å². The minimum atomic E-state index is 0.384. The maximum absolute atomic E-state index is 6.28. The molecule has 0 spiro atoms. The number of halogens is 1. The van der Waals surface area contributed by atoms with Crippen molar-refractivity contribution in [3.05, 3.63) is 59.8 Å². The van der Waals surface area contributed by atoms with Crippen LogP contribution in [0.4, 0.5) is 0 Å². The van der Waals surface area contributed by atoms with E-state index in [1.807, 2.05) is 54.6 Å². The Morgan fingerprint density at radius 3 is 2.45 bits per heavy atom. The molecule has 0 atom stereocenters.